The van der Waals surface area contributed by atoms with E-state index in [4.69, 9.17) is 4.74 Å². The van der Waals surface area contributed by atoms with E-state index < -0.39 is 48.9 Å². The summed E-state index contributed by atoms with van der Waals surface area (Å²) in [5, 5.41) is 0. The Labute approximate surface area is 175 Å². The van der Waals surface area contributed by atoms with Gasteiger partial charge < -0.3 is 9.64 Å². The third-order valence-corrected chi connectivity index (χ3v) is 4.70. The summed E-state index contributed by atoms with van der Waals surface area (Å²) in [6, 6.07) is 10.0. The molecule has 1 aliphatic rings. The zero-order valence-electron chi connectivity index (χ0n) is 16.5. The highest BCUT2D eigenvalue weighted by atomic mass is 19.3. The minimum atomic E-state index is -2.82. The second-order valence-electron chi connectivity index (χ2n) is 6.87. The lowest BCUT2D eigenvalue weighted by Crippen LogP contribution is -2.30. The fourth-order valence-electron chi connectivity index (χ4n) is 3.33. The lowest BCUT2D eigenvalue weighted by molar-refractivity contribution is 0.0815. The number of allylic oxidation sites excluding steroid dienone is 3. The Hall–Kier alpha value is -3.16. The maximum absolute atomic E-state index is 15.0. The first-order valence-corrected chi connectivity index (χ1v) is 9.32. The summed E-state index contributed by atoms with van der Waals surface area (Å²) < 4.78 is 86.3. The van der Waals surface area contributed by atoms with Crippen LogP contribution < -0.4 is 4.74 Å². The van der Waals surface area contributed by atoms with Crippen LogP contribution in [0.25, 0.3) is 11.3 Å². The van der Waals surface area contributed by atoms with Gasteiger partial charge in [-0.05, 0) is 24.1 Å². The van der Waals surface area contributed by atoms with Crippen LogP contribution in [0.4, 0.5) is 26.3 Å². The molecule has 0 atom stereocenters. The van der Waals surface area contributed by atoms with Crippen LogP contribution in [-0.4, -0.2) is 30.9 Å². The fraction of sp³-hybridized carbons (Fsp3) is 0.217. The molecule has 164 valence electrons. The number of halogens is 6. The second kappa shape index (κ2) is 9.32. The van der Waals surface area contributed by atoms with E-state index in [0.717, 1.165) is 17.0 Å². The molecule has 0 saturated heterocycles. The molecule has 31 heavy (non-hydrogen) atoms. The lowest BCUT2D eigenvalue weighted by atomic mass is 9.91. The van der Waals surface area contributed by atoms with Gasteiger partial charge in [-0.3, -0.25) is 0 Å². The van der Waals surface area contributed by atoms with Crippen molar-refractivity contribution in [3.05, 3.63) is 89.2 Å². The van der Waals surface area contributed by atoms with E-state index in [1.54, 1.807) is 43.3 Å². The summed E-state index contributed by atoms with van der Waals surface area (Å²) in [5.74, 6) is -2.69. The molecule has 0 fully saturated rings. The molecule has 8 heteroatoms. The van der Waals surface area contributed by atoms with Crippen LogP contribution >= 0.6 is 0 Å². The topological polar surface area (TPSA) is 12.5 Å². The molecule has 0 amide bonds. The SMILES string of the molecule is C=C1C(C)=CC(c2ccccc2)=C(c2c(F)cc(OCC(F)F)cc2F)N1CC(F)F. The Morgan fingerprint density at radius 3 is 2.13 bits per heavy atom. The minimum absolute atomic E-state index is 0.127. The van der Waals surface area contributed by atoms with E-state index in [-0.39, 0.29) is 11.4 Å². The molecule has 0 saturated carbocycles. The molecule has 0 radical (unpaired) electrons. The predicted molar refractivity (Wildman–Crippen MR) is 107 cm³/mol. The van der Waals surface area contributed by atoms with Gasteiger partial charge in [-0.1, -0.05) is 36.9 Å². The molecule has 2 aromatic carbocycles. The quantitative estimate of drug-likeness (QED) is 0.456. The largest absolute Gasteiger partial charge is 0.487 e. The summed E-state index contributed by atoms with van der Waals surface area (Å²) >= 11 is 0. The molecule has 0 aromatic heterocycles. The summed E-state index contributed by atoms with van der Waals surface area (Å²) in [6.45, 7) is 3.59. The molecule has 0 spiro atoms. The van der Waals surface area contributed by atoms with Gasteiger partial charge in [-0.15, -0.1) is 0 Å². The first-order chi connectivity index (χ1) is 14.7. The van der Waals surface area contributed by atoms with Crippen molar-refractivity contribution in [2.24, 2.45) is 0 Å². The van der Waals surface area contributed by atoms with E-state index in [1.165, 1.54) is 0 Å². The summed E-state index contributed by atoms with van der Waals surface area (Å²) in [5.41, 5.74) is 0.907. The Morgan fingerprint density at radius 1 is 0.968 bits per heavy atom. The standard InChI is InChI=1S/C23H19F6NO/c1-13-8-17(15-6-4-3-5-7-15)23(30(14(13)2)11-20(26)27)22-18(24)9-16(10-19(22)25)31-12-21(28)29/h3-10,20-21H,2,11-12H2,1H3. The van der Waals surface area contributed by atoms with Gasteiger partial charge in [-0.25, -0.2) is 26.3 Å². The predicted octanol–water partition coefficient (Wildman–Crippen LogP) is 6.52. The molecule has 0 N–H and O–H groups in total. The van der Waals surface area contributed by atoms with Crippen LogP contribution in [0.2, 0.25) is 0 Å². The molecule has 0 bridgehead atoms. The first kappa shape index (κ1) is 22.5. The average molecular weight is 439 g/mol. The Balaban J connectivity index is 2.24. The average Bonchev–Trinajstić information content (AvgIpc) is 2.71. The van der Waals surface area contributed by atoms with E-state index in [2.05, 4.69) is 6.58 Å². The van der Waals surface area contributed by atoms with Gasteiger partial charge in [0.2, 0.25) is 0 Å². The monoisotopic (exact) mass is 439 g/mol. The molecule has 2 aromatic rings. The highest BCUT2D eigenvalue weighted by molar-refractivity contribution is 5.98. The van der Waals surface area contributed by atoms with Gasteiger partial charge in [0.15, 0.2) is 0 Å². The van der Waals surface area contributed by atoms with E-state index >= 15 is 8.78 Å². The Kier molecular flexibility index (Phi) is 6.77. The first-order valence-electron chi connectivity index (χ1n) is 9.32. The molecular formula is C23H19F6NO. The van der Waals surface area contributed by atoms with Crippen molar-refractivity contribution >= 4 is 11.3 Å². The van der Waals surface area contributed by atoms with Crippen molar-refractivity contribution in [2.45, 2.75) is 19.8 Å². The van der Waals surface area contributed by atoms with Crippen LogP contribution in [0.1, 0.15) is 18.1 Å². The molecule has 1 heterocycles. The number of benzene rings is 2. The Morgan fingerprint density at radius 2 is 1.58 bits per heavy atom. The van der Waals surface area contributed by atoms with Crippen molar-refractivity contribution in [2.75, 3.05) is 13.2 Å². The summed E-state index contributed by atoms with van der Waals surface area (Å²) in [4.78, 5) is 1.07. The van der Waals surface area contributed by atoms with Crippen LogP contribution in [-0.2, 0) is 0 Å². The maximum Gasteiger partial charge on any atom is 0.272 e. The van der Waals surface area contributed by atoms with E-state index in [9.17, 15) is 17.6 Å². The highest BCUT2D eigenvalue weighted by Gasteiger charge is 2.31. The van der Waals surface area contributed by atoms with Crippen LogP contribution in [0.5, 0.6) is 5.75 Å². The van der Waals surface area contributed by atoms with E-state index in [0.29, 0.717) is 16.7 Å². The third-order valence-electron chi connectivity index (χ3n) is 4.70. The van der Waals surface area contributed by atoms with Crippen molar-refractivity contribution in [3.63, 3.8) is 0 Å². The zero-order chi connectivity index (χ0) is 22.7. The molecule has 0 unspecified atom stereocenters. The number of hydrogen-bond donors (Lipinski definition) is 0. The Bertz CT molecular complexity index is 1010. The van der Waals surface area contributed by atoms with Gasteiger partial charge in [0.1, 0.15) is 24.0 Å². The lowest BCUT2D eigenvalue weighted by Gasteiger charge is -2.35. The van der Waals surface area contributed by atoms with Crippen molar-refractivity contribution in [1.29, 1.82) is 0 Å². The van der Waals surface area contributed by atoms with Gasteiger partial charge in [-0.2, -0.15) is 0 Å². The van der Waals surface area contributed by atoms with Crippen molar-refractivity contribution in [1.82, 2.24) is 4.90 Å². The van der Waals surface area contributed by atoms with Gasteiger partial charge >= 0.3 is 0 Å². The smallest absolute Gasteiger partial charge is 0.272 e. The van der Waals surface area contributed by atoms with Gasteiger partial charge in [0.05, 0.1) is 17.8 Å². The number of nitrogens with zero attached hydrogens (tertiary/aromatic N) is 1. The number of ether oxygens (including phenoxy) is 1. The minimum Gasteiger partial charge on any atom is -0.487 e. The normalized spacial score (nSPS) is 14.5. The van der Waals surface area contributed by atoms with Gasteiger partial charge in [0.25, 0.3) is 12.9 Å². The molecule has 0 aliphatic carbocycles. The molecule has 3 rings (SSSR count). The second-order valence-corrected chi connectivity index (χ2v) is 6.87. The fourth-order valence-corrected chi connectivity index (χ4v) is 3.33. The third kappa shape index (κ3) is 4.95. The van der Waals surface area contributed by atoms with Crippen molar-refractivity contribution < 1.29 is 31.1 Å². The zero-order valence-corrected chi connectivity index (χ0v) is 16.5. The summed E-state index contributed by atoms with van der Waals surface area (Å²) in [7, 11) is 0. The number of hydrogen-bond acceptors (Lipinski definition) is 2. The summed E-state index contributed by atoms with van der Waals surface area (Å²) in [6.07, 6.45) is -4.02. The molecule has 1 aliphatic heterocycles. The molecule has 2 nitrogen and oxygen atoms in total. The highest BCUT2D eigenvalue weighted by Crippen LogP contribution is 2.42. The number of rotatable bonds is 7. The van der Waals surface area contributed by atoms with Crippen LogP contribution in [0.3, 0.4) is 0 Å². The van der Waals surface area contributed by atoms with Gasteiger partial charge in [0, 0.05) is 23.4 Å². The van der Waals surface area contributed by atoms with Crippen LogP contribution in [0, 0.1) is 11.6 Å². The molecular weight excluding hydrogens is 420 g/mol. The number of alkyl halides is 4. The van der Waals surface area contributed by atoms with E-state index in [1.807, 2.05) is 0 Å². The van der Waals surface area contributed by atoms with Crippen LogP contribution in [0.15, 0.2) is 66.4 Å². The van der Waals surface area contributed by atoms with Crippen molar-refractivity contribution in [3.8, 4) is 5.75 Å². The maximum atomic E-state index is 15.0.